The molecule has 1 aliphatic carbocycles. The Hall–Kier alpha value is -0.180. The van der Waals surface area contributed by atoms with E-state index < -0.39 is 11.8 Å². The van der Waals surface area contributed by atoms with Gasteiger partial charge in [-0.15, -0.1) is 0 Å². The highest BCUT2D eigenvalue weighted by atomic mass is 19.3. The summed E-state index contributed by atoms with van der Waals surface area (Å²) in [5, 5.41) is 0. The van der Waals surface area contributed by atoms with E-state index in [1.54, 1.807) is 0 Å². The lowest BCUT2D eigenvalue weighted by Gasteiger charge is -2.08. The molecular formula is C5H9F2N. The molecule has 0 bridgehead atoms. The van der Waals surface area contributed by atoms with Crippen molar-refractivity contribution >= 4 is 0 Å². The lowest BCUT2D eigenvalue weighted by atomic mass is 10.1. The molecule has 0 aliphatic heterocycles. The zero-order valence-electron chi connectivity index (χ0n) is 4.53. The molecule has 2 N–H and O–H groups in total. The number of hydrogen-bond donors (Lipinski definition) is 1. The highest BCUT2D eigenvalue weighted by molar-refractivity contribution is 4.95. The van der Waals surface area contributed by atoms with E-state index in [-0.39, 0.29) is 6.54 Å². The third-order valence-electron chi connectivity index (χ3n) is 1.76. The zero-order valence-corrected chi connectivity index (χ0v) is 4.53. The Morgan fingerprint density at radius 1 is 1.50 bits per heavy atom. The molecule has 0 unspecified atom stereocenters. The van der Waals surface area contributed by atoms with Crippen LogP contribution >= 0.6 is 0 Å². The number of nitrogens with two attached hydrogens (primary N) is 1. The van der Waals surface area contributed by atoms with Crippen molar-refractivity contribution in [1.29, 1.82) is 0 Å². The minimum atomic E-state index is -2.20. The van der Waals surface area contributed by atoms with Gasteiger partial charge in [0.15, 0.2) is 0 Å². The van der Waals surface area contributed by atoms with Gasteiger partial charge >= 0.3 is 0 Å². The summed E-state index contributed by atoms with van der Waals surface area (Å²) < 4.78 is 23.6. The smallest absolute Gasteiger partial charge is 0.245 e. The summed E-state index contributed by atoms with van der Waals surface area (Å²) in [5.74, 6) is 0. The molecule has 8 heavy (non-hydrogen) atoms. The third-order valence-corrected chi connectivity index (χ3v) is 1.76. The molecule has 0 aromatic heterocycles. The molecule has 0 heterocycles. The van der Waals surface area contributed by atoms with Gasteiger partial charge < -0.3 is 5.73 Å². The maximum absolute atomic E-state index is 11.8. The van der Waals surface area contributed by atoms with E-state index in [0.29, 0.717) is 12.8 Å². The summed E-state index contributed by atoms with van der Waals surface area (Å²) in [6.45, 7) is 0.144. The first-order chi connectivity index (χ1) is 3.71. The van der Waals surface area contributed by atoms with Gasteiger partial charge in [0.25, 0.3) is 0 Å². The molecule has 3 heteroatoms. The predicted octanol–water partition coefficient (Wildman–Crippen LogP) is 0.990. The van der Waals surface area contributed by atoms with Gasteiger partial charge in [-0.2, -0.15) is 0 Å². The van der Waals surface area contributed by atoms with Crippen LogP contribution in [0.4, 0.5) is 8.78 Å². The minimum Gasteiger partial charge on any atom is -0.330 e. The predicted molar refractivity (Wildman–Crippen MR) is 26.7 cm³/mol. The molecule has 0 atom stereocenters. The third kappa shape index (κ3) is 0.708. The van der Waals surface area contributed by atoms with Crippen LogP contribution < -0.4 is 5.73 Å². The van der Waals surface area contributed by atoms with Crippen LogP contribution in [0.1, 0.15) is 12.8 Å². The second kappa shape index (κ2) is 1.65. The van der Waals surface area contributed by atoms with Crippen molar-refractivity contribution in [2.45, 2.75) is 19.3 Å². The molecule has 1 aliphatic rings. The molecule has 0 aromatic carbocycles. The summed E-state index contributed by atoms with van der Waals surface area (Å²) in [6.07, 6.45) is -0.977. The van der Waals surface area contributed by atoms with Crippen LogP contribution in [-0.2, 0) is 0 Å². The monoisotopic (exact) mass is 121 g/mol. The van der Waals surface area contributed by atoms with Gasteiger partial charge in [-0.25, -0.2) is 8.78 Å². The highest BCUT2D eigenvalue weighted by Gasteiger charge is 2.49. The van der Waals surface area contributed by atoms with E-state index in [2.05, 4.69) is 0 Å². The molecule has 1 saturated carbocycles. The van der Waals surface area contributed by atoms with Crippen molar-refractivity contribution in [3.05, 3.63) is 0 Å². The van der Waals surface area contributed by atoms with Crippen LogP contribution in [0.15, 0.2) is 0 Å². The average Bonchev–Trinajstić information content (AvgIpc) is 2.44. The number of alkyl halides is 2. The largest absolute Gasteiger partial charge is 0.330 e. The topological polar surface area (TPSA) is 26.0 Å². The molecule has 1 fully saturated rings. The maximum Gasteiger partial charge on any atom is 0.245 e. The first kappa shape index (κ1) is 5.95. The van der Waals surface area contributed by atoms with Gasteiger partial charge in [0.1, 0.15) is 0 Å². The van der Waals surface area contributed by atoms with E-state index in [0.717, 1.165) is 0 Å². The minimum absolute atomic E-state index is 0.144. The molecule has 0 spiro atoms. The number of hydrogen-bond acceptors (Lipinski definition) is 1. The molecule has 0 saturated heterocycles. The SMILES string of the molecule is NCC1(C(F)F)CC1. The maximum atomic E-state index is 11.8. The standard InChI is InChI=1S/C5H9F2N/c6-4(7)5(3-8)1-2-5/h4H,1-3,8H2. The van der Waals surface area contributed by atoms with Gasteiger partial charge in [0, 0.05) is 12.0 Å². The van der Waals surface area contributed by atoms with Crippen LogP contribution in [0.5, 0.6) is 0 Å². The van der Waals surface area contributed by atoms with Crippen molar-refractivity contribution < 1.29 is 8.78 Å². The average molecular weight is 121 g/mol. The second-order valence-electron chi connectivity index (χ2n) is 2.37. The van der Waals surface area contributed by atoms with Gasteiger partial charge in [-0.1, -0.05) is 0 Å². The van der Waals surface area contributed by atoms with Crippen molar-refractivity contribution in [2.75, 3.05) is 6.54 Å². The number of halogens is 2. The number of rotatable bonds is 2. The Balaban J connectivity index is 2.41. The summed E-state index contributed by atoms with van der Waals surface area (Å²) in [7, 11) is 0. The fourth-order valence-corrected chi connectivity index (χ4v) is 0.672. The van der Waals surface area contributed by atoms with E-state index >= 15 is 0 Å². The van der Waals surface area contributed by atoms with Crippen molar-refractivity contribution in [3.63, 3.8) is 0 Å². The van der Waals surface area contributed by atoms with Gasteiger partial charge in [-0.3, -0.25) is 0 Å². The Morgan fingerprint density at radius 2 is 2.00 bits per heavy atom. The molecule has 0 aromatic rings. The Morgan fingerprint density at radius 3 is 2.00 bits per heavy atom. The highest BCUT2D eigenvalue weighted by Crippen LogP contribution is 2.49. The van der Waals surface area contributed by atoms with Crippen molar-refractivity contribution in [3.8, 4) is 0 Å². The van der Waals surface area contributed by atoms with Crippen LogP contribution in [0.3, 0.4) is 0 Å². The first-order valence-corrected chi connectivity index (χ1v) is 2.69. The Labute approximate surface area is 46.9 Å². The Bertz CT molecular complexity index is 88.4. The van der Waals surface area contributed by atoms with E-state index in [4.69, 9.17) is 5.73 Å². The molecular weight excluding hydrogens is 112 g/mol. The van der Waals surface area contributed by atoms with Crippen LogP contribution in [-0.4, -0.2) is 13.0 Å². The molecule has 0 radical (unpaired) electrons. The summed E-state index contributed by atoms with van der Waals surface area (Å²) in [4.78, 5) is 0. The van der Waals surface area contributed by atoms with E-state index in [1.807, 2.05) is 0 Å². The summed E-state index contributed by atoms with van der Waals surface area (Å²) in [6, 6.07) is 0. The van der Waals surface area contributed by atoms with E-state index in [9.17, 15) is 8.78 Å². The second-order valence-corrected chi connectivity index (χ2v) is 2.37. The molecule has 48 valence electrons. The summed E-state index contributed by atoms with van der Waals surface area (Å²) in [5.41, 5.74) is 4.33. The van der Waals surface area contributed by atoms with Gasteiger partial charge in [0.2, 0.25) is 6.43 Å². The van der Waals surface area contributed by atoms with Gasteiger partial charge in [0.05, 0.1) is 0 Å². The van der Waals surface area contributed by atoms with Crippen molar-refractivity contribution in [2.24, 2.45) is 11.1 Å². The normalized spacial score (nSPS) is 24.0. The quantitative estimate of drug-likeness (QED) is 0.579. The van der Waals surface area contributed by atoms with Gasteiger partial charge in [-0.05, 0) is 12.8 Å². The van der Waals surface area contributed by atoms with E-state index in [1.165, 1.54) is 0 Å². The van der Waals surface area contributed by atoms with Crippen LogP contribution in [0.25, 0.3) is 0 Å². The van der Waals surface area contributed by atoms with Crippen LogP contribution in [0.2, 0.25) is 0 Å². The lowest BCUT2D eigenvalue weighted by Crippen LogP contribution is -2.22. The molecule has 0 amide bonds. The van der Waals surface area contributed by atoms with Crippen LogP contribution in [0, 0.1) is 5.41 Å². The first-order valence-electron chi connectivity index (χ1n) is 2.69. The fraction of sp³-hybridized carbons (Fsp3) is 1.00. The Kier molecular flexibility index (Phi) is 1.23. The molecule has 1 nitrogen and oxygen atoms in total. The fourth-order valence-electron chi connectivity index (χ4n) is 0.672. The van der Waals surface area contributed by atoms with Crippen molar-refractivity contribution in [1.82, 2.24) is 0 Å². The summed E-state index contributed by atoms with van der Waals surface area (Å²) >= 11 is 0. The zero-order chi connectivity index (χ0) is 6.20. The lowest BCUT2D eigenvalue weighted by molar-refractivity contribution is 0.0664. The molecule has 1 rings (SSSR count).